The van der Waals surface area contributed by atoms with Crippen LogP contribution in [0.1, 0.15) is 65.2 Å². The summed E-state index contributed by atoms with van der Waals surface area (Å²) in [5, 5.41) is 23.9. The van der Waals surface area contributed by atoms with Crippen LogP contribution in [0.3, 0.4) is 0 Å². The highest BCUT2D eigenvalue weighted by molar-refractivity contribution is 5.14. The number of hydrogen-bond acceptors (Lipinski definition) is 3. The normalized spacial score (nSPS) is 44.7. The van der Waals surface area contributed by atoms with Gasteiger partial charge in [-0.05, 0) is 99.5 Å². The van der Waals surface area contributed by atoms with Crippen molar-refractivity contribution < 1.29 is 10.2 Å². The van der Waals surface area contributed by atoms with Crippen molar-refractivity contribution >= 4 is 0 Å². The second kappa shape index (κ2) is 8.10. The van der Waals surface area contributed by atoms with Crippen molar-refractivity contribution in [1.29, 1.82) is 0 Å². The third-order valence-electron chi connectivity index (χ3n) is 8.08. The molecule has 3 saturated carbocycles. The number of aliphatic hydroxyl groups is 2. The van der Waals surface area contributed by atoms with Gasteiger partial charge in [-0.3, -0.25) is 0 Å². The van der Waals surface area contributed by atoms with Crippen LogP contribution < -0.4 is 5.32 Å². The minimum absolute atomic E-state index is 0.168. The Kier molecular flexibility index (Phi) is 6.28. The molecule has 3 N–H and O–H groups in total. The Balaban J connectivity index is 1.82. The summed E-state index contributed by atoms with van der Waals surface area (Å²) in [6.45, 7) is 11.5. The van der Waals surface area contributed by atoms with E-state index >= 15 is 0 Å². The topological polar surface area (TPSA) is 52.5 Å². The van der Waals surface area contributed by atoms with Gasteiger partial charge in [0.25, 0.3) is 0 Å². The molecule has 7 atom stereocenters. The third-order valence-corrected chi connectivity index (χ3v) is 8.08. The Bertz CT molecular complexity index is 465. The molecule has 3 aliphatic carbocycles. The van der Waals surface area contributed by atoms with E-state index in [9.17, 15) is 10.2 Å². The first-order valence-electron chi connectivity index (χ1n) is 10.7. The predicted octanol–water partition coefficient (Wildman–Crippen LogP) is 3.75. The minimum Gasteiger partial charge on any atom is -0.396 e. The van der Waals surface area contributed by atoms with Crippen LogP contribution in [0.2, 0.25) is 0 Å². The lowest BCUT2D eigenvalue weighted by Gasteiger charge is -2.54. The van der Waals surface area contributed by atoms with E-state index in [1.807, 2.05) is 0 Å². The first-order chi connectivity index (χ1) is 12.0. The zero-order valence-electron chi connectivity index (χ0n) is 16.3. The maximum absolute atomic E-state index is 10.1. The summed E-state index contributed by atoms with van der Waals surface area (Å²) in [6.07, 6.45) is 8.78. The summed E-state index contributed by atoms with van der Waals surface area (Å²) < 4.78 is 0. The number of nitrogens with one attached hydrogen (secondary N) is 1. The van der Waals surface area contributed by atoms with Crippen LogP contribution in [0, 0.1) is 35.0 Å². The quantitative estimate of drug-likeness (QED) is 0.505. The van der Waals surface area contributed by atoms with Gasteiger partial charge < -0.3 is 15.5 Å². The number of hydrogen-bond donors (Lipinski definition) is 3. The number of allylic oxidation sites excluding steroid dienone is 1. The number of aliphatic hydroxyl groups excluding tert-OH is 2. The van der Waals surface area contributed by atoms with Gasteiger partial charge in [0.1, 0.15) is 0 Å². The molecule has 3 nitrogen and oxygen atoms in total. The number of fused-ring (bicyclic) bond motifs is 1. The molecule has 0 aliphatic heterocycles. The molecule has 0 bridgehead atoms. The summed E-state index contributed by atoms with van der Waals surface area (Å²) in [5.41, 5.74) is 1.66. The summed E-state index contributed by atoms with van der Waals surface area (Å²) in [5.74, 6) is 3.11. The highest BCUT2D eigenvalue weighted by Gasteiger charge is 2.52. The molecule has 0 spiro atoms. The molecule has 3 unspecified atom stereocenters. The van der Waals surface area contributed by atoms with Gasteiger partial charge >= 0.3 is 0 Å². The SMILES string of the molecule is C=C1CCC2C1CCC([C@@]1(C)CC[C@H](O)C[C@@H]1CO)[C@H]2CNCCC. The van der Waals surface area contributed by atoms with E-state index < -0.39 is 0 Å². The van der Waals surface area contributed by atoms with Crippen LogP contribution in [0.25, 0.3) is 0 Å². The third kappa shape index (κ3) is 3.70. The van der Waals surface area contributed by atoms with E-state index in [2.05, 4.69) is 25.7 Å². The molecule has 0 aromatic rings. The van der Waals surface area contributed by atoms with Gasteiger partial charge in [-0.1, -0.05) is 26.0 Å². The monoisotopic (exact) mass is 349 g/mol. The van der Waals surface area contributed by atoms with Crippen molar-refractivity contribution in [2.24, 2.45) is 35.0 Å². The fraction of sp³-hybridized carbons (Fsp3) is 0.909. The van der Waals surface area contributed by atoms with E-state index in [0.29, 0.717) is 11.8 Å². The molecule has 3 aliphatic rings. The zero-order chi connectivity index (χ0) is 18.0. The van der Waals surface area contributed by atoms with Crippen molar-refractivity contribution in [2.75, 3.05) is 19.7 Å². The fourth-order valence-electron chi connectivity index (χ4n) is 6.57. The molecule has 144 valence electrons. The lowest BCUT2D eigenvalue weighted by Crippen LogP contribution is -2.51. The van der Waals surface area contributed by atoms with Gasteiger partial charge in [-0.15, -0.1) is 0 Å². The Morgan fingerprint density at radius 2 is 2.04 bits per heavy atom. The maximum atomic E-state index is 10.1. The lowest BCUT2D eigenvalue weighted by atomic mass is 9.52. The average molecular weight is 350 g/mol. The molecule has 0 aromatic carbocycles. The van der Waals surface area contributed by atoms with Gasteiger partial charge in [0.05, 0.1) is 6.10 Å². The van der Waals surface area contributed by atoms with Crippen LogP contribution >= 0.6 is 0 Å². The fourth-order valence-corrected chi connectivity index (χ4v) is 6.57. The molecule has 3 rings (SSSR count). The highest BCUT2D eigenvalue weighted by atomic mass is 16.3. The standard InChI is InChI=1S/C22H39NO2/c1-4-11-23-13-20-19-6-5-15(2)18(19)7-8-21(20)22(3)10-9-17(25)12-16(22)14-24/h16-21,23-25H,2,4-14H2,1,3H3/t16-,17+,18?,19?,20+,21?,22+/m1/s1. The van der Waals surface area contributed by atoms with Gasteiger partial charge in [-0.2, -0.15) is 0 Å². The van der Waals surface area contributed by atoms with Crippen molar-refractivity contribution in [3.8, 4) is 0 Å². The van der Waals surface area contributed by atoms with Gasteiger partial charge in [0.15, 0.2) is 0 Å². The molecule has 0 amide bonds. The Hall–Kier alpha value is -0.380. The van der Waals surface area contributed by atoms with E-state index in [-0.39, 0.29) is 24.0 Å². The highest BCUT2D eigenvalue weighted by Crippen LogP contribution is 2.58. The van der Waals surface area contributed by atoms with Crippen LogP contribution in [-0.2, 0) is 0 Å². The van der Waals surface area contributed by atoms with Crippen molar-refractivity contribution in [2.45, 2.75) is 71.3 Å². The zero-order valence-corrected chi connectivity index (χ0v) is 16.3. The van der Waals surface area contributed by atoms with Crippen LogP contribution in [0.4, 0.5) is 0 Å². The van der Waals surface area contributed by atoms with Crippen LogP contribution in [-0.4, -0.2) is 36.0 Å². The smallest absolute Gasteiger partial charge is 0.0544 e. The van der Waals surface area contributed by atoms with E-state index in [4.69, 9.17) is 0 Å². The molecule has 0 saturated heterocycles. The largest absolute Gasteiger partial charge is 0.396 e. The van der Waals surface area contributed by atoms with Gasteiger partial charge in [0, 0.05) is 6.61 Å². The molecule has 0 heterocycles. The van der Waals surface area contributed by atoms with Crippen LogP contribution in [0.15, 0.2) is 12.2 Å². The summed E-state index contributed by atoms with van der Waals surface area (Å²) in [7, 11) is 0. The molecular weight excluding hydrogens is 310 g/mol. The Morgan fingerprint density at radius 3 is 2.76 bits per heavy atom. The van der Waals surface area contributed by atoms with Crippen molar-refractivity contribution in [3.63, 3.8) is 0 Å². The van der Waals surface area contributed by atoms with Gasteiger partial charge in [0.2, 0.25) is 0 Å². The van der Waals surface area contributed by atoms with E-state index in [1.54, 1.807) is 0 Å². The first-order valence-corrected chi connectivity index (χ1v) is 10.7. The van der Waals surface area contributed by atoms with Crippen molar-refractivity contribution in [1.82, 2.24) is 5.32 Å². The lowest BCUT2D eigenvalue weighted by molar-refractivity contribution is -0.0824. The van der Waals surface area contributed by atoms with E-state index in [1.165, 1.54) is 37.7 Å². The summed E-state index contributed by atoms with van der Waals surface area (Å²) >= 11 is 0. The van der Waals surface area contributed by atoms with Gasteiger partial charge in [-0.25, -0.2) is 0 Å². The molecule has 3 heteroatoms. The summed E-state index contributed by atoms with van der Waals surface area (Å²) in [4.78, 5) is 0. The average Bonchev–Trinajstić information content (AvgIpc) is 2.99. The maximum Gasteiger partial charge on any atom is 0.0544 e. The van der Waals surface area contributed by atoms with E-state index in [0.717, 1.165) is 44.2 Å². The second-order valence-electron chi connectivity index (χ2n) is 9.33. The molecular formula is C22H39NO2. The Morgan fingerprint density at radius 1 is 1.24 bits per heavy atom. The molecule has 25 heavy (non-hydrogen) atoms. The molecule has 3 fully saturated rings. The predicted molar refractivity (Wildman–Crippen MR) is 103 cm³/mol. The first kappa shape index (κ1) is 19.4. The van der Waals surface area contributed by atoms with Crippen molar-refractivity contribution in [3.05, 3.63) is 12.2 Å². The summed E-state index contributed by atoms with van der Waals surface area (Å²) in [6, 6.07) is 0. The molecule has 0 radical (unpaired) electrons. The molecule has 0 aromatic heterocycles. The van der Waals surface area contributed by atoms with Crippen LogP contribution in [0.5, 0.6) is 0 Å². The minimum atomic E-state index is -0.218. The number of rotatable bonds is 6. The second-order valence-corrected chi connectivity index (χ2v) is 9.33. The Labute approximate surface area is 154 Å².